The van der Waals surface area contributed by atoms with E-state index in [1.807, 2.05) is 12.1 Å². The van der Waals surface area contributed by atoms with Crippen molar-refractivity contribution in [2.75, 3.05) is 16.4 Å². The fourth-order valence-corrected chi connectivity index (χ4v) is 8.36. The maximum atomic E-state index is 12.6. The van der Waals surface area contributed by atoms with Gasteiger partial charge in [-0.1, -0.05) is 69.1 Å². The summed E-state index contributed by atoms with van der Waals surface area (Å²) in [6.07, 6.45) is 0.0687. The quantitative estimate of drug-likeness (QED) is 0.576. The molecule has 10 heteroatoms. The number of fused-ring (bicyclic) bond motifs is 1. The Morgan fingerprint density at radius 1 is 1.17 bits per heavy atom. The van der Waals surface area contributed by atoms with E-state index >= 15 is 0 Å². The molecule has 2 saturated heterocycles. The number of nitrogens with zero attached hydrogens (tertiary/aromatic N) is 2. The Labute approximate surface area is 191 Å². The molecule has 0 spiro atoms. The summed E-state index contributed by atoms with van der Waals surface area (Å²) in [6.45, 7) is 0. The van der Waals surface area contributed by atoms with Crippen LogP contribution in [0.3, 0.4) is 0 Å². The maximum Gasteiger partial charge on any atom is 0.252 e. The van der Waals surface area contributed by atoms with Gasteiger partial charge in [0.05, 0.1) is 34.7 Å². The predicted octanol–water partition coefficient (Wildman–Crippen LogP) is 4.60. The second kappa shape index (κ2) is 8.23. The fraction of sp³-hybridized carbons (Fsp3) is 0.263. The molecule has 2 aromatic carbocycles. The monoisotopic (exact) mass is 532 g/mol. The zero-order chi connectivity index (χ0) is 20.8. The molecule has 5 nitrogen and oxygen atoms in total. The average molecular weight is 534 g/mol. The highest BCUT2D eigenvalue weighted by Gasteiger charge is 2.49. The standard InChI is InChI=1S/C19H15BrCl2N2O3S2/c20-12-5-6-15(14(22)8-12)24-16-9-29(26,27)10-17(16)28-19(24)23-18(25)7-11-3-1-2-4-13(11)21/h1-6,8,16-17H,7,9-10H2/t16-,17+/m0/s1. The number of carbonyl (C=O) groups is 1. The van der Waals surface area contributed by atoms with Crippen molar-refractivity contribution >= 4 is 77.5 Å². The highest BCUT2D eigenvalue weighted by atomic mass is 79.9. The molecule has 29 heavy (non-hydrogen) atoms. The van der Waals surface area contributed by atoms with E-state index in [9.17, 15) is 13.2 Å². The van der Waals surface area contributed by atoms with Crippen LogP contribution in [0.5, 0.6) is 0 Å². The number of amidine groups is 1. The predicted molar refractivity (Wildman–Crippen MR) is 123 cm³/mol. The normalized spacial score (nSPS) is 24.1. The third-order valence-corrected chi connectivity index (χ3v) is 9.13. The number of amides is 1. The van der Waals surface area contributed by atoms with Crippen LogP contribution in [0.2, 0.25) is 10.0 Å². The van der Waals surface area contributed by atoms with Gasteiger partial charge in [-0.2, -0.15) is 4.99 Å². The van der Waals surface area contributed by atoms with Crippen LogP contribution in [0, 0.1) is 0 Å². The number of carbonyl (C=O) groups excluding carboxylic acids is 1. The molecule has 0 saturated carbocycles. The molecule has 2 heterocycles. The number of benzene rings is 2. The summed E-state index contributed by atoms with van der Waals surface area (Å²) in [5.74, 6) is -0.277. The van der Waals surface area contributed by atoms with Crippen LogP contribution in [0.1, 0.15) is 5.56 Å². The van der Waals surface area contributed by atoms with E-state index in [0.29, 0.717) is 26.5 Å². The largest absolute Gasteiger partial charge is 0.314 e. The number of hydrogen-bond acceptors (Lipinski definition) is 4. The lowest BCUT2D eigenvalue weighted by atomic mass is 10.1. The Morgan fingerprint density at radius 3 is 2.66 bits per heavy atom. The van der Waals surface area contributed by atoms with Crippen LogP contribution in [0.15, 0.2) is 51.9 Å². The summed E-state index contributed by atoms with van der Waals surface area (Å²) >= 11 is 17.3. The Hall–Kier alpha value is -1.06. The van der Waals surface area contributed by atoms with Crippen molar-refractivity contribution in [2.24, 2.45) is 4.99 Å². The molecule has 2 aromatic rings. The van der Waals surface area contributed by atoms with E-state index in [2.05, 4.69) is 20.9 Å². The van der Waals surface area contributed by atoms with Crippen LogP contribution in [0.4, 0.5) is 5.69 Å². The molecule has 2 aliphatic rings. The minimum absolute atomic E-state index is 0.00871. The molecule has 1 amide bonds. The number of thioether (sulfide) groups is 1. The van der Waals surface area contributed by atoms with Crippen molar-refractivity contribution < 1.29 is 13.2 Å². The molecular formula is C19H15BrCl2N2O3S2. The lowest BCUT2D eigenvalue weighted by Crippen LogP contribution is -2.38. The topological polar surface area (TPSA) is 66.8 Å². The SMILES string of the molecule is O=C(Cc1ccccc1Cl)N=C1S[C@@H]2CS(=O)(=O)C[C@@H]2N1c1ccc(Br)cc1Cl. The van der Waals surface area contributed by atoms with Gasteiger partial charge in [-0.15, -0.1) is 0 Å². The molecule has 0 aliphatic carbocycles. The first-order valence-corrected chi connectivity index (χ1v) is 12.9. The number of anilines is 1. The van der Waals surface area contributed by atoms with Crippen molar-refractivity contribution in [3.63, 3.8) is 0 Å². The van der Waals surface area contributed by atoms with E-state index in [4.69, 9.17) is 23.2 Å². The van der Waals surface area contributed by atoms with Gasteiger partial charge in [-0.25, -0.2) is 8.42 Å². The third kappa shape index (κ3) is 4.51. The minimum atomic E-state index is -3.15. The third-order valence-electron chi connectivity index (χ3n) is 4.76. The second-order valence-electron chi connectivity index (χ2n) is 6.82. The summed E-state index contributed by atoms with van der Waals surface area (Å²) in [5.41, 5.74) is 1.33. The van der Waals surface area contributed by atoms with E-state index in [1.54, 1.807) is 35.2 Å². The summed E-state index contributed by atoms with van der Waals surface area (Å²) in [6, 6.07) is 12.2. The Bertz CT molecular complexity index is 1120. The fourth-order valence-electron chi connectivity index (χ4n) is 3.47. The smallest absolute Gasteiger partial charge is 0.252 e. The molecule has 0 unspecified atom stereocenters. The lowest BCUT2D eigenvalue weighted by molar-refractivity contribution is -0.117. The minimum Gasteiger partial charge on any atom is -0.314 e. The summed E-state index contributed by atoms with van der Waals surface area (Å²) in [7, 11) is -3.15. The van der Waals surface area contributed by atoms with E-state index in [1.165, 1.54) is 11.8 Å². The molecule has 2 fully saturated rings. The van der Waals surface area contributed by atoms with Gasteiger partial charge >= 0.3 is 0 Å². The van der Waals surface area contributed by atoms with Gasteiger partial charge in [0.2, 0.25) is 0 Å². The first-order chi connectivity index (χ1) is 13.7. The molecule has 0 bridgehead atoms. The Morgan fingerprint density at radius 2 is 1.93 bits per heavy atom. The van der Waals surface area contributed by atoms with Gasteiger partial charge in [-0.3, -0.25) is 4.79 Å². The Kier molecular flexibility index (Phi) is 6.01. The average Bonchev–Trinajstić information content (AvgIpc) is 3.08. The van der Waals surface area contributed by atoms with Crippen molar-refractivity contribution in [3.8, 4) is 0 Å². The number of rotatable bonds is 3. The van der Waals surface area contributed by atoms with Crippen LogP contribution in [-0.2, 0) is 21.1 Å². The van der Waals surface area contributed by atoms with E-state index in [0.717, 1.165) is 4.47 Å². The van der Waals surface area contributed by atoms with E-state index in [-0.39, 0.29) is 35.1 Å². The first kappa shape index (κ1) is 21.2. The van der Waals surface area contributed by atoms with Gasteiger partial charge in [0, 0.05) is 14.7 Å². The van der Waals surface area contributed by atoms with Crippen LogP contribution in [0.25, 0.3) is 0 Å². The van der Waals surface area contributed by atoms with Crippen LogP contribution < -0.4 is 4.90 Å². The van der Waals surface area contributed by atoms with Crippen LogP contribution in [-0.4, -0.2) is 42.3 Å². The van der Waals surface area contributed by atoms with Crippen molar-refractivity contribution in [1.82, 2.24) is 0 Å². The molecule has 2 aliphatic heterocycles. The highest BCUT2D eigenvalue weighted by Crippen LogP contribution is 2.43. The number of sulfone groups is 1. The summed E-state index contributed by atoms with van der Waals surface area (Å²) in [5, 5.41) is 1.25. The van der Waals surface area contributed by atoms with Crippen molar-refractivity contribution in [2.45, 2.75) is 17.7 Å². The van der Waals surface area contributed by atoms with Gasteiger partial charge in [-0.05, 0) is 29.8 Å². The van der Waals surface area contributed by atoms with E-state index < -0.39 is 9.84 Å². The van der Waals surface area contributed by atoms with Gasteiger partial charge in [0.1, 0.15) is 0 Å². The first-order valence-electron chi connectivity index (χ1n) is 8.70. The number of aliphatic imine (C=N–C) groups is 1. The maximum absolute atomic E-state index is 12.6. The molecule has 0 radical (unpaired) electrons. The number of hydrogen-bond donors (Lipinski definition) is 0. The zero-order valence-corrected chi connectivity index (χ0v) is 19.6. The van der Waals surface area contributed by atoms with Gasteiger partial charge in [0.15, 0.2) is 15.0 Å². The molecular weight excluding hydrogens is 519 g/mol. The molecule has 0 aromatic heterocycles. The van der Waals surface area contributed by atoms with Crippen LogP contribution >= 0.6 is 50.9 Å². The summed E-state index contributed by atoms with van der Waals surface area (Å²) < 4.78 is 25.1. The summed E-state index contributed by atoms with van der Waals surface area (Å²) in [4.78, 5) is 18.7. The second-order valence-corrected chi connectivity index (χ2v) is 11.9. The molecule has 152 valence electrons. The van der Waals surface area contributed by atoms with Crippen molar-refractivity contribution in [1.29, 1.82) is 0 Å². The van der Waals surface area contributed by atoms with Gasteiger partial charge < -0.3 is 4.90 Å². The highest BCUT2D eigenvalue weighted by molar-refractivity contribution is 9.10. The van der Waals surface area contributed by atoms with Gasteiger partial charge in [0.25, 0.3) is 5.91 Å². The molecule has 0 N–H and O–H groups in total. The molecule has 4 rings (SSSR count). The number of halogens is 3. The van der Waals surface area contributed by atoms with Crippen molar-refractivity contribution in [3.05, 3.63) is 62.5 Å². The lowest BCUT2D eigenvalue weighted by Gasteiger charge is -2.25. The Balaban J connectivity index is 1.68. The molecule has 2 atom stereocenters. The zero-order valence-electron chi connectivity index (χ0n) is 14.9.